The second-order valence-electron chi connectivity index (χ2n) is 5.23. The summed E-state index contributed by atoms with van der Waals surface area (Å²) in [6.45, 7) is 0. The zero-order valence-electron chi connectivity index (χ0n) is 10.7. The Hall–Kier alpha value is -0.870. The molecule has 1 aliphatic rings. The lowest BCUT2D eigenvalue weighted by atomic mass is 9.82. The Balaban J connectivity index is 1.82. The van der Waals surface area contributed by atoms with Gasteiger partial charge in [-0.05, 0) is 37.2 Å². The number of aryl methyl sites for hydroxylation is 2. The van der Waals surface area contributed by atoms with E-state index in [2.05, 4.69) is 16.7 Å². The van der Waals surface area contributed by atoms with Crippen molar-refractivity contribution in [2.75, 3.05) is 0 Å². The fraction of sp³-hybridized carbons (Fsp3) is 0.769. The number of rotatable bonds is 5. The second-order valence-corrected chi connectivity index (χ2v) is 5.23. The Labute approximate surface area is 104 Å². The minimum Gasteiger partial charge on any atom is -0.276 e. The molecule has 1 saturated carbocycles. The number of hydrogen-bond acceptors (Lipinski definition) is 3. The number of aromatic nitrogens is 2. The number of hydrogen-bond donors (Lipinski definition) is 2. The third-order valence-corrected chi connectivity index (χ3v) is 3.94. The van der Waals surface area contributed by atoms with Crippen molar-refractivity contribution in [2.24, 2.45) is 18.8 Å². The van der Waals surface area contributed by atoms with E-state index < -0.39 is 0 Å². The topological polar surface area (TPSA) is 55.9 Å². The molecule has 1 aliphatic carbocycles. The van der Waals surface area contributed by atoms with E-state index in [1.165, 1.54) is 37.7 Å². The highest BCUT2D eigenvalue weighted by molar-refractivity contribution is 5.04. The summed E-state index contributed by atoms with van der Waals surface area (Å²) in [5, 5.41) is 4.20. The molecule has 0 amide bonds. The predicted molar refractivity (Wildman–Crippen MR) is 69.2 cm³/mol. The molecule has 0 bridgehead atoms. The van der Waals surface area contributed by atoms with Crippen molar-refractivity contribution < 1.29 is 0 Å². The lowest BCUT2D eigenvalue weighted by Crippen LogP contribution is -2.41. The Bertz CT molecular complexity index is 328. The average Bonchev–Trinajstić information content (AvgIpc) is 2.77. The van der Waals surface area contributed by atoms with Gasteiger partial charge in [0, 0.05) is 19.3 Å². The maximum Gasteiger partial charge on any atom is 0.0521 e. The van der Waals surface area contributed by atoms with Crippen LogP contribution in [0.4, 0.5) is 0 Å². The van der Waals surface area contributed by atoms with Gasteiger partial charge in [0.1, 0.15) is 0 Å². The van der Waals surface area contributed by atoms with Crippen LogP contribution in [0.2, 0.25) is 0 Å². The molecule has 1 atom stereocenters. The standard InChI is InChI=1S/C13H24N4/c1-17-10-11(9-15-17)7-8-13(16-14)12-5-3-2-4-6-12/h9-10,12-13,16H,2-8,14H2,1H3. The molecule has 1 aromatic heterocycles. The number of nitrogens with one attached hydrogen (secondary N) is 1. The highest BCUT2D eigenvalue weighted by Crippen LogP contribution is 2.28. The van der Waals surface area contributed by atoms with Gasteiger partial charge in [0.25, 0.3) is 0 Å². The van der Waals surface area contributed by atoms with Gasteiger partial charge in [-0.1, -0.05) is 19.3 Å². The summed E-state index contributed by atoms with van der Waals surface area (Å²) in [6, 6.07) is 0.468. The van der Waals surface area contributed by atoms with Crippen LogP contribution in [0, 0.1) is 5.92 Å². The van der Waals surface area contributed by atoms with Crippen molar-refractivity contribution in [3.63, 3.8) is 0 Å². The van der Waals surface area contributed by atoms with Crippen LogP contribution in [0.25, 0.3) is 0 Å². The molecule has 0 radical (unpaired) electrons. The maximum absolute atomic E-state index is 5.70. The zero-order valence-corrected chi connectivity index (χ0v) is 10.7. The average molecular weight is 236 g/mol. The molecule has 1 aromatic rings. The molecular weight excluding hydrogens is 212 g/mol. The van der Waals surface area contributed by atoms with Crippen LogP contribution in [-0.4, -0.2) is 15.8 Å². The number of nitrogens with two attached hydrogens (primary N) is 1. The minimum absolute atomic E-state index is 0.468. The summed E-state index contributed by atoms with van der Waals surface area (Å²) < 4.78 is 1.86. The Kier molecular flexibility index (Phi) is 4.57. The van der Waals surface area contributed by atoms with Crippen LogP contribution >= 0.6 is 0 Å². The first-order valence-corrected chi connectivity index (χ1v) is 6.73. The Morgan fingerprint density at radius 1 is 1.47 bits per heavy atom. The SMILES string of the molecule is Cn1cc(CCC(NN)C2CCCCC2)cn1. The molecule has 0 saturated heterocycles. The minimum atomic E-state index is 0.468. The largest absolute Gasteiger partial charge is 0.276 e. The summed E-state index contributed by atoms with van der Waals surface area (Å²) in [4.78, 5) is 0. The van der Waals surface area contributed by atoms with Crippen LogP contribution in [-0.2, 0) is 13.5 Å². The van der Waals surface area contributed by atoms with E-state index in [9.17, 15) is 0 Å². The van der Waals surface area contributed by atoms with Crippen LogP contribution in [0.1, 0.15) is 44.1 Å². The lowest BCUT2D eigenvalue weighted by Gasteiger charge is -2.29. The highest BCUT2D eigenvalue weighted by atomic mass is 15.2. The summed E-state index contributed by atoms with van der Waals surface area (Å²) in [7, 11) is 1.96. The molecule has 2 rings (SSSR count). The first-order valence-electron chi connectivity index (χ1n) is 6.73. The molecule has 1 heterocycles. The maximum atomic E-state index is 5.70. The predicted octanol–water partition coefficient (Wildman–Crippen LogP) is 1.76. The van der Waals surface area contributed by atoms with E-state index in [1.54, 1.807) is 0 Å². The van der Waals surface area contributed by atoms with Gasteiger partial charge >= 0.3 is 0 Å². The van der Waals surface area contributed by atoms with E-state index in [4.69, 9.17) is 5.84 Å². The summed E-state index contributed by atoms with van der Waals surface area (Å²) in [5.41, 5.74) is 4.33. The lowest BCUT2D eigenvalue weighted by molar-refractivity contribution is 0.260. The van der Waals surface area contributed by atoms with Crippen LogP contribution in [0.5, 0.6) is 0 Å². The van der Waals surface area contributed by atoms with Gasteiger partial charge in [0.2, 0.25) is 0 Å². The highest BCUT2D eigenvalue weighted by Gasteiger charge is 2.22. The van der Waals surface area contributed by atoms with Gasteiger partial charge in [-0.25, -0.2) is 0 Å². The molecule has 96 valence electrons. The van der Waals surface area contributed by atoms with Crippen LogP contribution < -0.4 is 11.3 Å². The van der Waals surface area contributed by atoms with Crippen LogP contribution in [0.15, 0.2) is 12.4 Å². The van der Waals surface area contributed by atoms with E-state index in [0.717, 1.165) is 18.8 Å². The van der Waals surface area contributed by atoms with Gasteiger partial charge in [0.15, 0.2) is 0 Å². The van der Waals surface area contributed by atoms with Crippen molar-refractivity contribution >= 4 is 0 Å². The summed E-state index contributed by atoms with van der Waals surface area (Å²) in [5.74, 6) is 6.47. The van der Waals surface area contributed by atoms with Crippen LogP contribution in [0.3, 0.4) is 0 Å². The van der Waals surface area contributed by atoms with Gasteiger partial charge in [-0.2, -0.15) is 5.10 Å². The van der Waals surface area contributed by atoms with Gasteiger partial charge in [0.05, 0.1) is 6.20 Å². The first-order chi connectivity index (χ1) is 8.29. The quantitative estimate of drug-likeness (QED) is 0.605. The van der Waals surface area contributed by atoms with E-state index >= 15 is 0 Å². The van der Waals surface area contributed by atoms with E-state index in [0.29, 0.717) is 6.04 Å². The smallest absolute Gasteiger partial charge is 0.0521 e. The Morgan fingerprint density at radius 2 is 2.24 bits per heavy atom. The van der Waals surface area contributed by atoms with Gasteiger partial charge in [-0.3, -0.25) is 16.0 Å². The summed E-state index contributed by atoms with van der Waals surface area (Å²) >= 11 is 0. The normalized spacial score (nSPS) is 19.4. The molecular formula is C13H24N4. The van der Waals surface area contributed by atoms with Crippen molar-refractivity contribution in [1.82, 2.24) is 15.2 Å². The molecule has 1 fully saturated rings. The third kappa shape index (κ3) is 3.54. The van der Waals surface area contributed by atoms with Crippen molar-refractivity contribution in [3.8, 4) is 0 Å². The number of nitrogens with zero attached hydrogens (tertiary/aromatic N) is 2. The molecule has 0 aliphatic heterocycles. The second kappa shape index (κ2) is 6.17. The van der Waals surface area contributed by atoms with E-state index in [-0.39, 0.29) is 0 Å². The van der Waals surface area contributed by atoms with Gasteiger partial charge < -0.3 is 0 Å². The molecule has 1 unspecified atom stereocenters. The molecule has 17 heavy (non-hydrogen) atoms. The van der Waals surface area contributed by atoms with Crippen molar-refractivity contribution in [3.05, 3.63) is 18.0 Å². The fourth-order valence-electron chi connectivity index (χ4n) is 2.91. The fourth-order valence-corrected chi connectivity index (χ4v) is 2.91. The van der Waals surface area contributed by atoms with Crippen molar-refractivity contribution in [1.29, 1.82) is 0 Å². The third-order valence-electron chi connectivity index (χ3n) is 3.94. The zero-order chi connectivity index (χ0) is 12.1. The molecule has 0 spiro atoms. The monoisotopic (exact) mass is 236 g/mol. The molecule has 4 heteroatoms. The Morgan fingerprint density at radius 3 is 2.82 bits per heavy atom. The van der Waals surface area contributed by atoms with Gasteiger partial charge in [-0.15, -0.1) is 0 Å². The first kappa shape index (κ1) is 12.6. The number of hydrazine groups is 1. The van der Waals surface area contributed by atoms with E-state index in [1.807, 2.05) is 17.9 Å². The molecule has 4 nitrogen and oxygen atoms in total. The molecule has 0 aromatic carbocycles. The van der Waals surface area contributed by atoms with Crippen molar-refractivity contribution in [2.45, 2.75) is 51.0 Å². The summed E-state index contributed by atoms with van der Waals surface area (Å²) in [6.07, 6.45) is 13.0. The molecule has 3 N–H and O–H groups in total.